The molecule has 2 bridgehead atoms. The SMILES string of the molecule is C[C@@H]1O[C@@H](O[C@H]2[C@H](O[C@H]3CC[C@@]4(C)C(CC[C@]5(C)C4C[C@H](O)C4=C6[C@]7(CC[C@](C)(OC7=O)[C@@]6(C)O)CC[C@]45C)C3(C)C)OC[C@H](O)[C@@H]2O)[C@H](O)[C@H](O)[C@H]1O. The quantitative estimate of drug-likeness (QED) is 0.125. The van der Waals surface area contributed by atoms with E-state index >= 15 is 0 Å². The minimum absolute atomic E-state index is 0.142. The summed E-state index contributed by atoms with van der Waals surface area (Å²) in [5.74, 6) is 0.0692. The molecule has 0 aromatic carbocycles. The Labute approximate surface area is 318 Å². The first-order chi connectivity index (χ1) is 25.0. The summed E-state index contributed by atoms with van der Waals surface area (Å²) in [6.07, 6.45) is -6.65. The highest BCUT2D eigenvalue weighted by atomic mass is 16.8. The van der Waals surface area contributed by atoms with Gasteiger partial charge in [0.15, 0.2) is 12.6 Å². The van der Waals surface area contributed by atoms with Crippen molar-refractivity contribution in [3.05, 3.63) is 11.1 Å². The molecule has 1 spiro atoms. The van der Waals surface area contributed by atoms with Crippen LogP contribution in [0.1, 0.15) is 113 Å². The highest BCUT2D eigenvalue weighted by molar-refractivity contribution is 5.86. The maximum atomic E-state index is 13.7. The topological polar surface area (TPSA) is 205 Å². The third-order valence-corrected chi connectivity index (χ3v) is 17.5. The number of rotatable bonds is 4. The zero-order valence-electron chi connectivity index (χ0n) is 33.2. The number of esters is 1. The highest BCUT2D eigenvalue weighted by Crippen LogP contribution is 2.77. The van der Waals surface area contributed by atoms with Crippen LogP contribution in [0.25, 0.3) is 0 Å². The fourth-order valence-electron chi connectivity index (χ4n) is 13.9. The molecule has 4 saturated heterocycles. The third kappa shape index (κ3) is 4.99. The van der Waals surface area contributed by atoms with E-state index in [1.807, 2.05) is 6.92 Å². The second-order valence-electron chi connectivity index (χ2n) is 20.2. The molecular formula is C41H64O13. The van der Waals surface area contributed by atoms with Crippen molar-refractivity contribution in [1.82, 2.24) is 0 Å². The predicted octanol–water partition coefficient (Wildman–Crippen LogP) is 2.23. The van der Waals surface area contributed by atoms with Gasteiger partial charge in [-0.25, -0.2) is 0 Å². The summed E-state index contributed by atoms with van der Waals surface area (Å²) in [7, 11) is 0. The normalized spacial score (nSPS) is 58.1. The lowest BCUT2D eigenvalue weighted by molar-refractivity contribution is -0.364. The average Bonchev–Trinajstić information content (AvgIpc) is 3.09. The van der Waals surface area contributed by atoms with Crippen LogP contribution in [0.5, 0.6) is 0 Å². The number of aliphatic hydroxyl groups is 7. The monoisotopic (exact) mass is 764 g/mol. The fraction of sp³-hybridized carbons (Fsp3) is 0.927. The number of ether oxygens (including phenoxy) is 5. The smallest absolute Gasteiger partial charge is 0.317 e. The van der Waals surface area contributed by atoms with Crippen LogP contribution in [0.2, 0.25) is 0 Å². The summed E-state index contributed by atoms with van der Waals surface area (Å²) >= 11 is 0. The molecule has 19 atom stereocenters. The molecule has 0 radical (unpaired) electrons. The molecule has 0 aromatic rings. The van der Waals surface area contributed by atoms with Crippen molar-refractivity contribution in [3.8, 4) is 0 Å². The van der Waals surface area contributed by atoms with Gasteiger partial charge >= 0.3 is 5.97 Å². The summed E-state index contributed by atoms with van der Waals surface area (Å²) in [6, 6.07) is 0. The second kappa shape index (κ2) is 12.4. The first-order valence-electron chi connectivity index (χ1n) is 20.4. The van der Waals surface area contributed by atoms with Crippen molar-refractivity contribution in [1.29, 1.82) is 0 Å². The van der Waals surface area contributed by atoms with Gasteiger partial charge in [0.1, 0.15) is 47.8 Å². The number of aliphatic hydroxyl groups excluding tert-OH is 6. The molecule has 2 unspecified atom stereocenters. The number of carbonyl (C=O) groups is 1. The second-order valence-corrected chi connectivity index (χ2v) is 20.2. The molecule has 4 saturated carbocycles. The van der Waals surface area contributed by atoms with E-state index in [-0.39, 0.29) is 41.3 Å². The minimum Gasteiger partial charge on any atom is -0.455 e. The molecule has 4 heterocycles. The molecule has 0 amide bonds. The Morgan fingerprint density at radius 3 is 2.11 bits per heavy atom. The molecule has 9 rings (SSSR count). The predicted molar refractivity (Wildman–Crippen MR) is 191 cm³/mol. The lowest BCUT2D eigenvalue weighted by Crippen LogP contribution is -2.72. The molecule has 4 aliphatic heterocycles. The molecule has 9 aliphatic rings. The van der Waals surface area contributed by atoms with Crippen LogP contribution in [0.4, 0.5) is 0 Å². The lowest BCUT2D eigenvalue weighted by Gasteiger charge is -2.73. The van der Waals surface area contributed by atoms with Gasteiger partial charge in [0, 0.05) is 0 Å². The molecule has 7 N–H and O–H groups in total. The highest BCUT2D eigenvalue weighted by Gasteiger charge is 2.75. The largest absolute Gasteiger partial charge is 0.455 e. The zero-order chi connectivity index (χ0) is 39.3. The van der Waals surface area contributed by atoms with Crippen LogP contribution in [0, 0.1) is 38.9 Å². The minimum atomic E-state index is -1.61. The summed E-state index contributed by atoms with van der Waals surface area (Å²) < 4.78 is 30.4. The Balaban J connectivity index is 1.07. The van der Waals surface area contributed by atoms with E-state index in [1.54, 1.807) is 6.92 Å². The van der Waals surface area contributed by atoms with Crippen molar-refractivity contribution in [2.45, 2.75) is 192 Å². The van der Waals surface area contributed by atoms with Gasteiger partial charge in [0.05, 0.1) is 30.3 Å². The first-order valence-corrected chi connectivity index (χ1v) is 20.4. The van der Waals surface area contributed by atoms with Crippen molar-refractivity contribution < 1.29 is 64.2 Å². The van der Waals surface area contributed by atoms with Crippen molar-refractivity contribution in [2.24, 2.45) is 38.9 Å². The van der Waals surface area contributed by atoms with Crippen LogP contribution < -0.4 is 0 Å². The summed E-state index contributed by atoms with van der Waals surface area (Å²) in [4.78, 5) is 13.7. The van der Waals surface area contributed by atoms with Crippen molar-refractivity contribution >= 4 is 5.97 Å². The van der Waals surface area contributed by atoms with E-state index in [4.69, 9.17) is 23.7 Å². The van der Waals surface area contributed by atoms with E-state index in [0.29, 0.717) is 32.1 Å². The van der Waals surface area contributed by atoms with Gasteiger partial charge in [-0.1, -0.05) is 34.6 Å². The van der Waals surface area contributed by atoms with Gasteiger partial charge < -0.3 is 59.4 Å². The average molecular weight is 765 g/mol. The third-order valence-electron chi connectivity index (χ3n) is 17.5. The van der Waals surface area contributed by atoms with Crippen LogP contribution in [0.3, 0.4) is 0 Å². The van der Waals surface area contributed by atoms with E-state index < -0.39 is 88.9 Å². The van der Waals surface area contributed by atoms with Gasteiger partial charge in [-0.15, -0.1) is 0 Å². The van der Waals surface area contributed by atoms with Crippen LogP contribution in [-0.2, 0) is 28.5 Å². The van der Waals surface area contributed by atoms with Gasteiger partial charge in [0.2, 0.25) is 0 Å². The Bertz CT molecular complexity index is 1560. The van der Waals surface area contributed by atoms with Crippen molar-refractivity contribution in [2.75, 3.05) is 6.61 Å². The summed E-state index contributed by atoms with van der Waals surface area (Å²) in [6.45, 7) is 16.4. The molecule has 54 heavy (non-hydrogen) atoms. The molecule has 13 heteroatoms. The standard InChI is InChI=1S/C41H64O13/c1-19-26(44)28(46)29(47)32(51-19)53-30-27(45)21(43)18-50-33(30)52-24-10-11-36(4)22(35(24,2)3)9-12-37(5)23(36)17-20(42)25-31-40(8,49)39(7)14-16-41(31,34(48)54-39)15-13-38(25,37)6/h19-24,26-30,32-33,42-47,49H,9-18H2,1-8H3/t19-,20-,21-,22?,23?,24-,26-,27-,28+,29+,30+,32-,33-,36-,37+,38+,39-,40-,41+/m0/s1. The number of fused-ring (bicyclic) bond motifs is 7. The van der Waals surface area contributed by atoms with E-state index in [0.717, 1.165) is 36.8 Å². The van der Waals surface area contributed by atoms with Crippen LogP contribution in [-0.4, -0.2) is 127 Å². The molecule has 5 aliphatic carbocycles. The van der Waals surface area contributed by atoms with Gasteiger partial charge in [0.25, 0.3) is 0 Å². The zero-order valence-corrected chi connectivity index (χ0v) is 33.2. The van der Waals surface area contributed by atoms with Gasteiger partial charge in [-0.3, -0.25) is 4.79 Å². The van der Waals surface area contributed by atoms with E-state index in [1.165, 1.54) is 6.92 Å². The molecule has 8 fully saturated rings. The van der Waals surface area contributed by atoms with Gasteiger partial charge in [-0.2, -0.15) is 0 Å². The summed E-state index contributed by atoms with van der Waals surface area (Å²) in [5.41, 5.74) is -2.95. The van der Waals surface area contributed by atoms with Crippen LogP contribution in [0.15, 0.2) is 11.1 Å². The maximum absolute atomic E-state index is 13.7. The Morgan fingerprint density at radius 1 is 0.741 bits per heavy atom. The first kappa shape index (κ1) is 39.6. The molecule has 306 valence electrons. The maximum Gasteiger partial charge on any atom is 0.317 e. The number of hydrogen-bond donors (Lipinski definition) is 7. The molecule has 0 aromatic heterocycles. The van der Waals surface area contributed by atoms with Crippen LogP contribution >= 0.6 is 0 Å². The van der Waals surface area contributed by atoms with Crippen molar-refractivity contribution in [3.63, 3.8) is 0 Å². The lowest BCUT2D eigenvalue weighted by atomic mass is 9.33. The summed E-state index contributed by atoms with van der Waals surface area (Å²) in [5, 5.41) is 77.6. The Hall–Kier alpha value is -1.23. The Morgan fingerprint density at radius 2 is 1.43 bits per heavy atom. The van der Waals surface area contributed by atoms with E-state index in [2.05, 4.69) is 34.6 Å². The molecule has 13 nitrogen and oxygen atoms in total. The number of carbonyl (C=O) groups excluding carboxylic acids is 1. The number of hydrogen-bond acceptors (Lipinski definition) is 13. The molecular weight excluding hydrogens is 700 g/mol. The fourth-order valence-corrected chi connectivity index (χ4v) is 13.9. The van der Waals surface area contributed by atoms with E-state index in [9.17, 15) is 40.5 Å². The van der Waals surface area contributed by atoms with Gasteiger partial charge in [-0.05, 0) is 123 Å². The Kier molecular flexibility index (Phi) is 9.09.